The van der Waals surface area contributed by atoms with Gasteiger partial charge in [-0.1, -0.05) is 29.8 Å². The fraction of sp³-hybridized carbons (Fsp3) is 0.188. The number of thiocarbonyl (C=S) groups is 1. The second-order valence-electron chi connectivity index (χ2n) is 4.65. The van der Waals surface area contributed by atoms with Gasteiger partial charge in [0.25, 0.3) is 0 Å². The SMILES string of the molecule is Fc1ccc(NC(=S)NCCSCc2ccccc2Cl)cc1F. The van der Waals surface area contributed by atoms with Crippen molar-refractivity contribution in [1.29, 1.82) is 0 Å². The highest BCUT2D eigenvalue weighted by atomic mass is 35.5. The molecule has 0 spiro atoms. The molecule has 2 N–H and O–H groups in total. The van der Waals surface area contributed by atoms with E-state index in [0.29, 0.717) is 17.3 Å². The molecule has 0 radical (unpaired) electrons. The summed E-state index contributed by atoms with van der Waals surface area (Å²) in [6, 6.07) is 11.3. The van der Waals surface area contributed by atoms with Crippen LogP contribution in [0.1, 0.15) is 5.56 Å². The zero-order valence-corrected chi connectivity index (χ0v) is 14.5. The van der Waals surface area contributed by atoms with Crippen LogP contribution in [0.2, 0.25) is 5.02 Å². The Labute approximate surface area is 148 Å². The third-order valence-corrected chi connectivity index (χ3v) is 4.55. The first-order valence-electron chi connectivity index (χ1n) is 6.87. The van der Waals surface area contributed by atoms with E-state index in [-0.39, 0.29) is 0 Å². The van der Waals surface area contributed by atoms with Crippen LogP contribution < -0.4 is 10.6 Å². The molecule has 0 bridgehead atoms. The van der Waals surface area contributed by atoms with Gasteiger partial charge in [0.05, 0.1) is 0 Å². The average molecular weight is 373 g/mol. The van der Waals surface area contributed by atoms with Crippen molar-refractivity contribution in [2.24, 2.45) is 0 Å². The Hall–Kier alpha value is -1.37. The Bertz CT molecular complexity index is 683. The molecule has 0 saturated carbocycles. The predicted molar refractivity (Wildman–Crippen MR) is 98.2 cm³/mol. The highest BCUT2D eigenvalue weighted by Crippen LogP contribution is 2.20. The van der Waals surface area contributed by atoms with Crippen molar-refractivity contribution in [2.75, 3.05) is 17.6 Å². The molecular formula is C16H15ClF2N2S2. The van der Waals surface area contributed by atoms with Gasteiger partial charge in [0.15, 0.2) is 16.7 Å². The molecule has 2 aromatic carbocycles. The summed E-state index contributed by atoms with van der Waals surface area (Å²) in [5.41, 5.74) is 1.51. The zero-order chi connectivity index (χ0) is 16.7. The van der Waals surface area contributed by atoms with Crippen molar-refractivity contribution >= 4 is 46.4 Å². The highest BCUT2D eigenvalue weighted by Gasteiger charge is 2.04. The smallest absolute Gasteiger partial charge is 0.170 e. The summed E-state index contributed by atoms with van der Waals surface area (Å²) >= 11 is 12.9. The summed E-state index contributed by atoms with van der Waals surface area (Å²) in [4.78, 5) is 0. The number of halogens is 3. The molecular weight excluding hydrogens is 358 g/mol. The van der Waals surface area contributed by atoms with E-state index >= 15 is 0 Å². The molecule has 23 heavy (non-hydrogen) atoms. The van der Waals surface area contributed by atoms with E-state index < -0.39 is 11.6 Å². The van der Waals surface area contributed by atoms with E-state index in [2.05, 4.69) is 10.6 Å². The maximum atomic E-state index is 13.1. The number of rotatable bonds is 6. The van der Waals surface area contributed by atoms with E-state index in [4.69, 9.17) is 23.8 Å². The minimum Gasteiger partial charge on any atom is -0.362 e. The van der Waals surface area contributed by atoms with E-state index in [1.807, 2.05) is 24.3 Å². The van der Waals surface area contributed by atoms with Crippen LogP contribution in [-0.4, -0.2) is 17.4 Å². The van der Waals surface area contributed by atoms with Gasteiger partial charge in [-0.05, 0) is 36.0 Å². The molecule has 0 fully saturated rings. The Morgan fingerprint density at radius 3 is 2.65 bits per heavy atom. The van der Waals surface area contributed by atoms with Crippen molar-refractivity contribution in [1.82, 2.24) is 5.32 Å². The van der Waals surface area contributed by atoms with Gasteiger partial charge in [0.1, 0.15) is 0 Å². The van der Waals surface area contributed by atoms with E-state index in [0.717, 1.165) is 34.2 Å². The van der Waals surface area contributed by atoms with Crippen molar-refractivity contribution < 1.29 is 8.78 Å². The Morgan fingerprint density at radius 2 is 1.91 bits per heavy atom. The topological polar surface area (TPSA) is 24.1 Å². The predicted octanol–water partition coefficient (Wildman–Crippen LogP) is 4.84. The van der Waals surface area contributed by atoms with Gasteiger partial charge in [0.2, 0.25) is 0 Å². The monoisotopic (exact) mass is 372 g/mol. The van der Waals surface area contributed by atoms with Crippen LogP contribution in [0.25, 0.3) is 0 Å². The molecule has 0 aliphatic rings. The van der Waals surface area contributed by atoms with Gasteiger partial charge in [0, 0.05) is 34.8 Å². The normalized spacial score (nSPS) is 10.4. The number of hydrogen-bond acceptors (Lipinski definition) is 2. The van der Waals surface area contributed by atoms with Gasteiger partial charge in [-0.25, -0.2) is 8.78 Å². The molecule has 0 amide bonds. The number of thioether (sulfide) groups is 1. The molecule has 7 heteroatoms. The average Bonchev–Trinajstić information content (AvgIpc) is 2.52. The number of anilines is 1. The largest absolute Gasteiger partial charge is 0.362 e. The number of benzene rings is 2. The maximum absolute atomic E-state index is 13.1. The first-order valence-corrected chi connectivity index (χ1v) is 8.81. The Morgan fingerprint density at radius 1 is 1.13 bits per heavy atom. The van der Waals surface area contributed by atoms with Crippen LogP contribution in [-0.2, 0) is 5.75 Å². The summed E-state index contributed by atoms with van der Waals surface area (Å²) in [6.45, 7) is 0.657. The first-order chi connectivity index (χ1) is 11.1. The molecule has 0 aliphatic carbocycles. The van der Waals surface area contributed by atoms with Gasteiger partial charge in [-0.2, -0.15) is 11.8 Å². The van der Waals surface area contributed by atoms with Crippen molar-refractivity contribution in [3.8, 4) is 0 Å². The summed E-state index contributed by atoms with van der Waals surface area (Å²) in [7, 11) is 0. The molecule has 0 saturated heterocycles. The lowest BCUT2D eigenvalue weighted by Gasteiger charge is -2.10. The molecule has 0 atom stereocenters. The molecule has 2 nitrogen and oxygen atoms in total. The minimum atomic E-state index is -0.909. The van der Waals surface area contributed by atoms with Gasteiger partial charge >= 0.3 is 0 Å². The van der Waals surface area contributed by atoms with E-state index in [1.165, 1.54) is 6.07 Å². The second kappa shape index (κ2) is 9.05. The quantitative estimate of drug-likeness (QED) is 0.559. The fourth-order valence-electron chi connectivity index (χ4n) is 1.78. The lowest BCUT2D eigenvalue weighted by atomic mass is 10.2. The number of nitrogens with one attached hydrogen (secondary N) is 2. The third-order valence-electron chi connectivity index (χ3n) is 2.92. The van der Waals surface area contributed by atoms with Crippen molar-refractivity contribution in [2.45, 2.75) is 5.75 Å². The van der Waals surface area contributed by atoms with Crippen LogP contribution >= 0.6 is 35.6 Å². The van der Waals surface area contributed by atoms with Crippen LogP contribution in [0.15, 0.2) is 42.5 Å². The summed E-state index contributed by atoms with van der Waals surface area (Å²) in [6.07, 6.45) is 0. The van der Waals surface area contributed by atoms with Crippen LogP contribution in [0.5, 0.6) is 0 Å². The minimum absolute atomic E-state index is 0.370. The van der Waals surface area contributed by atoms with Crippen molar-refractivity contribution in [3.05, 3.63) is 64.7 Å². The number of hydrogen-bond donors (Lipinski definition) is 2. The van der Waals surface area contributed by atoms with Gasteiger partial charge < -0.3 is 10.6 Å². The van der Waals surface area contributed by atoms with Crippen LogP contribution in [0.4, 0.5) is 14.5 Å². The van der Waals surface area contributed by atoms with Gasteiger partial charge in [-0.15, -0.1) is 0 Å². The standard InChI is InChI=1S/C16H15ClF2N2S2/c17-13-4-2-1-3-11(13)10-23-8-7-20-16(22)21-12-5-6-14(18)15(19)9-12/h1-6,9H,7-8,10H2,(H2,20,21,22). The van der Waals surface area contributed by atoms with Crippen LogP contribution in [0, 0.1) is 11.6 Å². The van der Waals surface area contributed by atoms with E-state index in [1.54, 1.807) is 11.8 Å². The zero-order valence-electron chi connectivity index (χ0n) is 12.1. The molecule has 122 valence electrons. The summed E-state index contributed by atoms with van der Waals surface area (Å²) in [5, 5.41) is 6.96. The van der Waals surface area contributed by atoms with Crippen molar-refractivity contribution in [3.63, 3.8) is 0 Å². The molecule has 0 unspecified atom stereocenters. The first kappa shape index (κ1) is 18.0. The lowest BCUT2D eigenvalue weighted by Crippen LogP contribution is -2.30. The fourth-order valence-corrected chi connectivity index (χ4v) is 3.15. The molecule has 0 aliphatic heterocycles. The van der Waals surface area contributed by atoms with E-state index in [9.17, 15) is 8.78 Å². The Balaban J connectivity index is 1.67. The lowest BCUT2D eigenvalue weighted by molar-refractivity contribution is 0.509. The molecule has 0 heterocycles. The van der Waals surface area contributed by atoms with Gasteiger partial charge in [-0.3, -0.25) is 0 Å². The summed E-state index contributed by atoms with van der Waals surface area (Å²) in [5.74, 6) is -0.131. The molecule has 2 aromatic rings. The summed E-state index contributed by atoms with van der Waals surface area (Å²) < 4.78 is 25.9. The van der Waals surface area contributed by atoms with Crippen LogP contribution in [0.3, 0.4) is 0 Å². The maximum Gasteiger partial charge on any atom is 0.170 e. The molecule has 0 aromatic heterocycles. The second-order valence-corrected chi connectivity index (χ2v) is 6.57. The third kappa shape index (κ3) is 5.97. The molecule has 2 rings (SSSR count). The Kier molecular flexibility index (Phi) is 7.08. The highest BCUT2D eigenvalue weighted by molar-refractivity contribution is 7.98.